The predicted octanol–water partition coefficient (Wildman–Crippen LogP) is -1.04. The second kappa shape index (κ2) is 8.03. The molecule has 3 aromatic heterocycles. The van der Waals surface area contributed by atoms with Crippen molar-refractivity contribution in [1.29, 1.82) is 0 Å². The zero-order valence-corrected chi connectivity index (χ0v) is 15.9. The number of aliphatic hydroxyl groups is 2. The Labute approximate surface area is 170 Å². The van der Waals surface area contributed by atoms with E-state index in [4.69, 9.17) is 10.5 Å². The lowest BCUT2D eigenvalue weighted by Gasteiger charge is -2.16. The van der Waals surface area contributed by atoms with Crippen LogP contribution < -0.4 is 11.1 Å². The fraction of sp³-hybridized carbons (Fsp3) is 0.316. The van der Waals surface area contributed by atoms with Crippen LogP contribution in [-0.2, 0) is 9.53 Å². The van der Waals surface area contributed by atoms with Gasteiger partial charge in [-0.2, -0.15) is 0 Å². The molecule has 1 amide bonds. The Hall–Kier alpha value is -3.59. The van der Waals surface area contributed by atoms with Crippen LogP contribution in [0.5, 0.6) is 0 Å². The molecule has 4 heterocycles. The Morgan fingerprint density at radius 1 is 1.27 bits per heavy atom. The summed E-state index contributed by atoms with van der Waals surface area (Å²) in [4.78, 5) is 28.7. The van der Waals surface area contributed by atoms with Crippen molar-refractivity contribution in [3.05, 3.63) is 42.2 Å². The lowest BCUT2D eigenvalue weighted by atomic mass is 10.1. The molecule has 0 saturated carbocycles. The van der Waals surface area contributed by atoms with Gasteiger partial charge >= 0.3 is 0 Å². The Morgan fingerprint density at radius 2 is 2.03 bits per heavy atom. The minimum Gasteiger partial charge on any atom is -0.387 e. The van der Waals surface area contributed by atoms with Gasteiger partial charge in [0.2, 0.25) is 5.82 Å². The third-order valence-corrected chi connectivity index (χ3v) is 4.57. The third kappa shape index (κ3) is 3.55. The van der Waals surface area contributed by atoms with Gasteiger partial charge in [-0.3, -0.25) is 14.3 Å². The summed E-state index contributed by atoms with van der Waals surface area (Å²) in [6.45, 7) is 2.11. The quantitative estimate of drug-likeness (QED) is 0.396. The molecule has 1 aliphatic heterocycles. The molecule has 4 rings (SSSR count). The second-order valence-corrected chi connectivity index (χ2v) is 6.57. The summed E-state index contributed by atoms with van der Waals surface area (Å²) in [5, 5.41) is 23.3. The first-order chi connectivity index (χ1) is 14.5. The number of likely N-dealkylation sites (N-methyl/N-ethyl adjacent to an activating group) is 1. The number of hydrogen-bond acceptors (Lipinski definition) is 9. The Morgan fingerprint density at radius 3 is 2.77 bits per heavy atom. The van der Waals surface area contributed by atoms with Crippen LogP contribution in [0, 0.1) is 11.8 Å². The molecule has 154 valence electrons. The van der Waals surface area contributed by atoms with Crippen LogP contribution in [0.25, 0.3) is 11.2 Å². The van der Waals surface area contributed by atoms with E-state index in [1.807, 2.05) is 0 Å². The molecular weight excluding hydrogens is 390 g/mol. The van der Waals surface area contributed by atoms with Crippen molar-refractivity contribution in [3.63, 3.8) is 0 Å². The molecule has 30 heavy (non-hydrogen) atoms. The molecule has 5 N–H and O–H groups in total. The highest BCUT2D eigenvalue weighted by atomic mass is 16.6. The van der Waals surface area contributed by atoms with E-state index in [-0.39, 0.29) is 22.8 Å². The average Bonchev–Trinajstić information content (AvgIpc) is 3.29. The highest BCUT2D eigenvalue weighted by Gasteiger charge is 2.47. The number of nitrogen functional groups attached to an aromatic ring is 1. The largest absolute Gasteiger partial charge is 0.387 e. The van der Waals surface area contributed by atoms with E-state index in [0.717, 1.165) is 5.56 Å². The molecule has 1 saturated heterocycles. The number of anilines is 1. The lowest BCUT2D eigenvalue weighted by Crippen LogP contribution is -2.42. The number of amides is 1. The number of fused-ring (bicyclic) bond motifs is 1. The van der Waals surface area contributed by atoms with Crippen LogP contribution in [0.1, 0.15) is 24.5 Å². The van der Waals surface area contributed by atoms with Gasteiger partial charge in [-0.25, -0.2) is 15.0 Å². The predicted molar refractivity (Wildman–Crippen MR) is 105 cm³/mol. The van der Waals surface area contributed by atoms with Crippen LogP contribution in [0.2, 0.25) is 0 Å². The number of pyridine rings is 1. The van der Waals surface area contributed by atoms with E-state index >= 15 is 0 Å². The summed E-state index contributed by atoms with van der Waals surface area (Å²) in [5.74, 6) is 5.47. The standard InChI is InChI=1S/C19H19N7O4/c1-2-22-18(29)15-13(27)14(28)19(30-15)26-9-23-12-16(20)24-11(25-17(12)26)4-3-10-5-7-21-8-6-10/h5-9,13-15,19,27-28H,2H2,1H3,(H,22,29)(H2,20,24,25)/t13-,14+,15-,19?/m0/s1. The number of nitrogens with one attached hydrogen (secondary N) is 1. The maximum atomic E-state index is 12.1. The van der Waals surface area contributed by atoms with Gasteiger partial charge in [-0.1, -0.05) is 5.92 Å². The van der Waals surface area contributed by atoms with Crippen molar-refractivity contribution in [2.24, 2.45) is 0 Å². The van der Waals surface area contributed by atoms with Gasteiger partial charge in [-0.15, -0.1) is 0 Å². The molecule has 0 aromatic carbocycles. The summed E-state index contributed by atoms with van der Waals surface area (Å²) in [6.07, 6.45) is -0.516. The molecular formula is C19H19N7O4. The molecule has 0 bridgehead atoms. The number of imidazole rings is 1. The minimum absolute atomic E-state index is 0.103. The maximum Gasteiger partial charge on any atom is 0.252 e. The first kappa shape index (κ1) is 19.7. The van der Waals surface area contributed by atoms with Gasteiger partial charge in [0, 0.05) is 24.5 Å². The maximum absolute atomic E-state index is 12.1. The zero-order chi connectivity index (χ0) is 21.3. The number of carbonyl (C=O) groups is 1. The molecule has 11 heteroatoms. The fourth-order valence-electron chi connectivity index (χ4n) is 3.12. The molecule has 0 aliphatic carbocycles. The highest BCUT2D eigenvalue weighted by Crippen LogP contribution is 2.32. The van der Waals surface area contributed by atoms with Gasteiger partial charge in [0.1, 0.15) is 17.7 Å². The number of nitrogens with two attached hydrogens (primary N) is 1. The van der Waals surface area contributed by atoms with Gasteiger partial charge in [0.25, 0.3) is 5.91 Å². The second-order valence-electron chi connectivity index (χ2n) is 6.57. The van der Waals surface area contributed by atoms with Gasteiger partial charge in [-0.05, 0) is 25.0 Å². The fourth-order valence-corrected chi connectivity index (χ4v) is 3.12. The number of aromatic nitrogens is 5. The summed E-state index contributed by atoms with van der Waals surface area (Å²) >= 11 is 0. The number of nitrogens with zero attached hydrogens (tertiary/aromatic N) is 5. The van der Waals surface area contributed by atoms with E-state index in [2.05, 4.69) is 37.1 Å². The van der Waals surface area contributed by atoms with Crippen molar-refractivity contribution in [3.8, 4) is 11.8 Å². The van der Waals surface area contributed by atoms with Gasteiger partial charge < -0.3 is 26.0 Å². The normalized spacial score (nSPS) is 23.2. The lowest BCUT2D eigenvalue weighted by molar-refractivity contribution is -0.137. The Balaban J connectivity index is 1.70. The highest BCUT2D eigenvalue weighted by molar-refractivity contribution is 5.83. The molecule has 11 nitrogen and oxygen atoms in total. The molecule has 4 atom stereocenters. The van der Waals surface area contributed by atoms with E-state index in [9.17, 15) is 15.0 Å². The molecule has 1 fully saturated rings. The molecule has 0 radical (unpaired) electrons. The Kier molecular flexibility index (Phi) is 5.28. The van der Waals surface area contributed by atoms with Crippen molar-refractivity contribution in [1.82, 2.24) is 29.8 Å². The van der Waals surface area contributed by atoms with E-state index in [1.165, 1.54) is 10.9 Å². The first-order valence-electron chi connectivity index (χ1n) is 9.21. The SMILES string of the molecule is CCNC(=O)[C@H]1OC(n2cnc3c(N)nc(C#Cc4ccncc4)nc32)[C@H](O)[C@@H]1O. The molecule has 1 aliphatic rings. The van der Waals surface area contributed by atoms with Crippen molar-refractivity contribution in [2.45, 2.75) is 31.5 Å². The van der Waals surface area contributed by atoms with Crippen LogP contribution in [0.3, 0.4) is 0 Å². The van der Waals surface area contributed by atoms with E-state index < -0.39 is 30.4 Å². The zero-order valence-electron chi connectivity index (χ0n) is 15.9. The van der Waals surface area contributed by atoms with Crippen LogP contribution in [0.15, 0.2) is 30.9 Å². The van der Waals surface area contributed by atoms with Crippen molar-refractivity contribution >= 4 is 22.9 Å². The van der Waals surface area contributed by atoms with Crippen LogP contribution in [-0.4, -0.2) is 65.5 Å². The summed E-state index contributed by atoms with van der Waals surface area (Å²) in [6, 6.07) is 3.48. The van der Waals surface area contributed by atoms with E-state index in [0.29, 0.717) is 6.54 Å². The van der Waals surface area contributed by atoms with Crippen LogP contribution in [0.4, 0.5) is 5.82 Å². The Bertz CT molecular complexity index is 1140. The summed E-state index contributed by atoms with van der Waals surface area (Å²) in [7, 11) is 0. The van der Waals surface area contributed by atoms with Crippen LogP contribution >= 0.6 is 0 Å². The van der Waals surface area contributed by atoms with Crippen molar-refractivity contribution in [2.75, 3.05) is 12.3 Å². The number of hydrogen-bond donors (Lipinski definition) is 4. The van der Waals surface area contributed by atoms with Gasteiger partial charge in [0.15, 0.2) is 23.8 Å². The average molecular weight is 409 g/mol. The topological polar surface area (TPSA) is 161 Å². The molecule has 0 spiro atoms. The first-order valence-corrected chi connectivity index (χ1v) is 9.21. The van der Waals surface area contributed by atoms with E-state index in [1.54, 1.807) is 31.5 Å². The minimum atomic E-state index is -1.41. The third-order valence-electron chi connectivity index (χ3n) is 4.57. The number of carbonyl (C=O) groups excluding carboxylic acids is 1. The number of ether oxygens (including phenoxy) is 1. The number of rotatable bonds is 3. The molecule has 1 unspecified atom stereocenters. The summed E-state index contributed by atoms with van der Waals surface area (Å²) < 4.78 is 7.03. The monoisotopic (exact) mass is 409 g/mol. The van der Waals surface area contributed by atoms with Gasteiger partial charge in [0.05, 0.1) is 6.33 Å². The smallest absolute Gasteiger partial charge is 0.252 e. The van der Waals surface area contributed by atoms with Crippen molar-refractivity contribution < 1.29 is 19.7 Å². The number of aliphatic hydroxyl groups excluding tert-OH is 2. The summed E-state index contributed by atoms with van der Waals surface area (Å²) in [5.41, 5.74) is 7.27. The molecule has 3 aromatic rings.